The van der Waals surface area contributed by atoms with Gasteiger partial charge in [0.15, 0.2) is 6.10 Å². The number of carbonyl (C=O) groups excluding carboxylic acids is 1. The Bertz CT molecular complexity index is 976. The number of benzene rings is 2. The number of anilines is 2. The van der Waals surface area contributed by atoms with Crippen molar-refractivity contribution in [2.24, 2.45) is 0 Å². The van der Waals surface area contributed by atoms with Gasteiger partial charge in [0.05, 0.1) is 31.9 Å². The standard InChI is InChI=1S/C19H22N2O6S/c1-25-13-8-9-14(18(12-13)26-2)20-19(22)17-10-11-21(28(3,23)24)15-6-4-5-7-16(15)27-17/h4-9,12,17H,10-11H2,1-3H3,(H,20,22)/t17-/m0/s1. The van der Waals surface area contributed by atoms with Crippen molar-refractivity contribution in [1.29, 1.82) is 0 Å². The summed E-state index contributed by atoms with van der Waals surface area (Å²) in [6, 6.07) is 11.8. The number of para-hydroxylation sites is 2. The summed E-state index contributed by atoms with van der Waals surface area (Å²) in [5, 5.41) is 2.78. The number of ether oxygens (including phenoxy) is 3. The zero-order valence-corrected chi connectivity index (χ0v) is 16.7. The third-order valence-electron chi connectivity index (χ3n) is 4.36. The fourth-order valence-electron chi connectivity index (χ4n) is 2.97. The van der Waals surface area contributed by atoms with Gasteiger partial charge in [-0.2, -0.15) is 0 Å². The smallest absolute Gasteiger partial charge is 0.265 e. The molecule has 1 amide bonds. The van der Waals surface area contributed by atoms with Crippen molar-refractivity contribution in [3.05, 3.63) is 42.5 Å². The van der Waals surface area contributed by atoms with Crippen LogP contribution in [0.2, 0.25) is 0 Å². The summed E-state index contributed by atoms with van der Waals surface area (Å²) in [6.45, 7) is 0.133. The Kier molecular flexibility index (Phi) is 5.64. The number of methoxy groups -OCH3 is 2. The Hall–Kier alpha value is -2.94. The van der Waals surface area contributed by atoms with Gasteiger partial charge in [0.2, 0.25) is 10.0 Å². The van der Waals surface area contributed by atoms with Crippen LogP contribution in [0.25, 0.3) is 0 Å². The molecule has 150 valence electrons. The van der Waals surface area contributed by atoms with Crippen LogP contribution in [0.5, 0.6) is 17.2 Å². The molecule has 0 fully saturated rings. The summed E-state index contributed by atoms with van der Waals surface area (Å²) in [4.78, 5) is 12.8. The first-order valence-electron chi connectivity index (χ1n) is 8.59. The number of carbonyl (C=O) groups is 1. The minimum Gasteiger partial charge on any atom is -0.497 e. The van der Waals surface area contributed by atoms with Crippen molar-refractivity contribution in [3.63, 3.8) is 0 Å². The molecule has 1 atom stereocenters. The van der Waals surface area contributed by atoms with Gasteiger partial charge in [-0.3, -0.25) is 9.10 Å². The van der Waals surface area contributed by atoms with Crippen molar-refractivity contribution >= 4 is 27.3 Å². The third kappa shape index (κ3) is 4.14. The summed E-state index contributed by atoms with van der Waals surface area (Å²) in [5.41, 5.74) is 0.886. The van der Waals surface area contributed by atoms with E-state index in [4.69, 9.17) is 14.2 Å². The van der Waals surface area contributed by atoms with Gasteiger partial charge >= 0.3 is 0 Å². The first kappa shape index (κ1) is 19.8. The van der Waals surface area contributed by atoms with E-state index in [1.165, 1.54) is 18.5 Å². The van der Waals surface area contributed by atoms with Crippen LogP contribution >= 0.6 is 0 Å². The molecular formula is C19H22N2O6S. The topological polar surface area (TPSA) is 94.2 Å². The van der Waals surface area contributed by atoms with E-state index in [0.717, 1.165) is 6.26 Å². The summed E-state index contributed by atoms with van der Waals surface area (Å²) in [7, 11) is -0.469. The molecule has 0 saturated heterocycles. The quantitative estimate of drug-likeness (QED) is 0.819. The number of rotatable bonds is 5. The fourth-order valence-corrected chi connectivity index (χ4v) is 3.92. The lowest BCUT2D eigenvalue weighted by atomic mass is 10.2. The van der Waals surface area contributed by atoms with Crippen LogP contribution in [-0.2, 0) is 14.8 Å². The van der Waals surface area contributed by atoms with E-state index in [1.54, 1.807) is 42.5 Å². The Morgan fingerprint density at radius 3 is 2.61 bits per heavy atom. The highest BCUT2D eigenvalue weighted by Crippen LogP contribution is 2.34. The average molecular weight is 406 g/mol. The van der Waals surface area contributed by atoms with Gasteiger partial charge in [0, 0.05) is 19.0 Å². The van der Waals surface area contributed by atoms with Crippen LogP contribution in [0.1, 0.15) is 6.42 Å². The van der Waals surface area contributed by atoms with Gasteiger partial charge in [-0.1, -0.05) is 12.1 Å². The van der Waals surface area contributed by atoms with E-state index in [9.17, 15) is 13.2 Å². The van der Waals surface area contributed by atoms with Crippen LogP contribution in [-0.4, -0.2) is 47.4 Å². The number of fused-ring (bicyclic) bond motifs is 1. The molecule has 0 bridgehead atoms. The molecule has 9 heteroatoms. The van der Waals surface area contributed by atoms with E-state index in [2.05, 4.69) is 5.32 Å². The number of nitrogens with zero attached hydrogens (tertiary/aromatic N) is 1. The Morgan fingerprint density at radius 2 is 1.93 bits per heavy atom. The maximum atomic E-state index is 12.8. The second-order valence-electron chi connectivity index (χ2n) is 6.25. The molecule has 1 aliphatic rings. The number of nitrogens with one attached hydrogen (secondary N) is 1. The molecule has 1 heterocycles. The van der Waals surface area contributed by atoms with Crippen LogP contribution in [0.15, 0.2) is 42.5 Å². The summed E-state index contributed by atoms with van der Waals surface area (Å²) >= 11 is 0. The predicted octanol–water partition coefficient (Wildman–Crippen LogP) is 2.26. The largest absolute Gasteiger partial charge is 0.497 e. The number of hydrogen-bond donors (Lipinski definition) is 1. The molecule has 1 N–H and O–H groups in total. The minimum atomic E-state index is -3.50. The Morgan fingerprint density at radius 1 is 1.18 bits per heavy atom. The molecule has 28 heavy (non-hydrogen) atoms. The lowest BCUT2D eigenvalue weighted by Crippen LogP contribution is -2.36. The second kappa shape index (κ2) is 7.97. The molecule has 0 radical (unpaired) electrons. The maximum Gasteiger partial charge on any atom is 0.265 e. The molecule has 1 aliphatic heterocycles. The fraction of sp³-hybridized carbons (Fsp3) is 0.316. The molecule has 0 spiro atoms. The first-order chi connectivity index (χ1) is 13.3. The molecule has 0 aromatic heterocycles. The maximum absolute atomic E-state index is 12.8. The summed E-state index contributed by atoms with van der Waals surface area (Å²) in [6.07, 6.45) is 0.470. The SMILES string of the molecule is COc1ccc(NC(=O)[C@@H]2CCN(S(C)(=O)=O)c3ccccc3O2)c(OC)c1. The van der Waals surface area contributed by atoms with Gasteiger partial charge in [-0.05, 0) is 24.3 Å². The van der Waals surface area contributed by atoms with E-state index in [-0.39, 0.29) is 13.0 Å². The predicted molar refractivity (Wildman–Crippen MR) is 106 cm³/mol. The first-order valence-corrected chi connectivity index (χ1v) is 10.4. The average Bonchev–Trinajstić information content (AvgIpc) is 2.88. The lowest BCUT2D eigenvalue weighted by molar-refractivity contribution is -0.122. The van der Waals surface area contributed by atoms with Crippen LogP contribution < -0.4 is 23.8 Å². The molecule has 8 nitrogen and oxygen atoms in total. The van der Waals surface area contributed by atoms with Gasteiger partial charge in [0.1, 0.15) is 17.2 Å². The lowest BCUT2D eigenvalue weighted by Gasteiger charge is -2.20. The van der Waals surface area contributed by atoms with Gasteiger partial charge < -0.3 is 19.5 Å². The molecule has 2 aromatic carbocycles. The second-order valence-corrected chi connectivity index (χ2v) is 8.16. The van der Waals surface area contributed by atoms with Gasteiger partial charge in [-0.15, -0.1) is 0 Å². The van der Waals surface area contributed by atoms with E-state index in [0.29, 0.717) is 28.6 Å². The molecule has 2 aromatic rings. The van der Waals surface area contributed by atoms with E-state index < -0.39 is 22.0 Å². The van der Waals surface area contributed by atoms with Crippen LogP contribution in [0, 0.1) is 0 Å². The number of sulfonamides is 1. The molecule has 0 unspecified atom stereocenters. The van der Waals surface area contributed by atoms with Crippen molar-refractivity contribution in [3.8, 4) is 17.2 Å². The molecular weight excluding hydrogens is 384 g/mol. The van der Waals surface area contributed by atoms with Crippen LogP contribution in [0.4, 0.5) is 11.4 Å². The Labute approximate surface area is 164 Å². The highest BCUT2D eigenvalue weighted by molar-refractivity contribution is 7.92. The van der Waals surface area contributed by atoms with Gasteiger partial charge in [-0.25, -0.2) is 8.42 Å². The normalized spacial score (nSPS) is 16.4. The molecule has 0 saturated carbocycles. The zero-order chi connectivity index (χ0) is 20.3. The third-order valence-corrected chi connectivity index (χ3v) is 5.54. The summed E-state index contributed by atoms with van der Waals surface area (Å²) in [5.74, 6) is 0.985. The summed E-state index contributed by atoms with van der Waals surface area (Å²) < 4.78 is 41.9. The van der Waals surface area contributed by atoms with Crippen molar-refractivity contribution in [2.45, 2.75) is 12.5 Å². The van der Waals surface area contributed by atoms with E-state index in [1.807, 2.05) is 0 Å². The molecule has 0 aliphatic carbocycles. The minimum absolute atomic E-state index is 0.133. The Balaban J connectivity index is 1.85. The van der Waals surface area contributed by atoms with Crippen molar-refractivity contribution < 1.29 is 27.4 Å². The van der Waals surface area contributed by atoms with Gasteiger partial charge in [0.25, 0.3) is 5.91 Å². The monoisotopic (exact) mass is 406 g/mol. The van der Waals surface area contributed by atoms with Crippen LogP contribution in [0.3, 0.4) is 0 Å². The highest BCUT2D eigenvalue weighted by atomic mass is 32.2. The van der Waals surface area contributed by atoms with Crippen molar-refractivity contribution in [1.82, 2.24) is 0 Å². The highest BCUT2D eigenvalue weighted by Gasteiger charge is 2.31. The zero-order valence-electron chi connectivity index (χ0n) is 15.8. The number of amides is 1. The number of hydrogen-bond acceptors (Lipinski definition) is 6. The molecule has 3 rings (SSSR count). The van der Waals surface area contributed by atoms with Crippen molar-refractivity contribution in [2.75, 3.05) is 36.6 Å². The van der Waals surface area contributed by atoms with E-state index >= 15 is 0 Å².